The number of rotatable bonds is 2. The van der Waals surface area contributed by atoms with Gasteiger partial charge in [-0.15, -0.1) is 0 Å². The summed E-state index contributed by atoms with van der Waals surface area (Å²) in [6, 6.07) is 0.190. The number of hydrogen-bond acceptors (Lipinski definition) is 2. The van der Waals surface area contributed by atoms with Crippen molar-refractivity contribution in [3.63, 3.8) is 0 Å². The molecule has 3 unspecified atom stereocenters. The minimum absolute atomic E-state index is 0.190. The van der Waals surface area contributed by atoms with Crippen molar-refractivity contribution in [2.45, 2.75) is 37.9 Å². The molecule has 0 aromatic carbocycles. The van der Waals surface area contributed by atoms with Crippen molar-refractivity contribution < 1.29 is 14.3 Å². The molecule has 0 spiro atoms. The van der Waals surface area contributed by atoms with Gasteiger partial charge in [0.2, 0.25) is 6.17 Å². The van der Waals surface area contributed by atoms with Gasteiger partial charge in [0.15, 0.2) is 0 Å². The SMILES string of the molecule is O=C(O)C(F)C1CCN2CCCCC12. The number of alkyl halides is 1. The highest BCUT2D eigenvalue weighted by Crippen LogP contribution is 2.34. The largest absolute Gasteiger partial charge is 0.479 e. The third-order valence-electron chi connectivity index (χ3n) is 3.52. The van der Waals surface area contributed by atoms with E-state index in [9.17, 15) is 9.18 Å². The molecule has 3 atom stereocenters. The van der Waals surface area contributed by atoms with Crippen molar-refractivity contribution >= 4 is 5.97 Å². The molecule has 2 fully saturated rings. The minimum Gasteiger partial charge on any atom is -0.479 e. The number of aliphatic carboxylic acids is 1. The zero-order chi connectivity index (χ0) is 10.1. The van der Waals surface area contributed by atoms with E-state index in [0.717, 1.165) is 25.9 Å². The van der Waals surface area contributed by atoms with Crippen LogP contribution < -0.4 is 0 Å². The van der Waals surface area contributed by atoms with Crippen LogP contribution in [0.2, 0.25) is 0 Å². The van der Waals surface area contributed by atoms with E-state index in [1.807, 2.05) is 0 Å². The van der Waals surface area contributed by atoms with E-state index in [0.29, 0.717) is 6.42 Å². The molecule has 0 amide bonds. The van der Waals surface area contributed by atoms with Crippen LogP contribution in [0.5, 0.6) is 0 Å². The van der Waals surface area contributed by atoms with E-state index in [-0.39, 0.29) is 12.0 Å². The molecular formula is C10H16FNO2. The minimum atomic E-state index is -1.66. The Bertz CT molecular complexity index is 234. The number of carbonyl (C=O) groups is 1. The summed E-state index contributed by atoms with van der Waals surface area (Å²) < 4.78 is 13.4. The summed E-state index contributed by atoms with van der Waals surface area (Å²) in [6.07, 6.45) is 2.30. The highest BCUT2D eigenvalue weighted by molar-refractivity contribution is 5.72. The fourth-order valence-electron chi connectivity index (χ4n) is 2.81. The summed E-state index contributed by atoms with van der Waals surface area (Å²) in [4.78, 5) is 12.8. The van der Waals surface area contributed by atoms with Crippen LogP contribution in [-0.2, 0) is 4.79 Å². The number of fused-ring (bicyclic) bond motifs is 1. The van der Waals surface area contributed by atoms with Crippen LogP contribution in [0, 0.1) is 5.92 Å². The zero-order valence-corrected chi connectivity index (χ0v) is 8.16. The van der Waals surface area contributed by atoms with Crippen molar-refractivity contribution in [1.29, 1.82) is 0 Å². The number of piperidine rings is 1. The molecule has 0 aliphatic carbocycles. The van der Waals surface area contributed by atoms with Gasteiger partial charge in [-0.3, -0.25) is 4.90 Å². The Hall–Kier alpha value is -0.640. The molecule has 2 aliphatic heterocycles. The first-order chi connectivity index (χ1) is 6.70. The first kappa shape index (κ1) is 9.90. The van der Waals surface area contributed by atoms with Gasteiger partial charge in [-0.2, -0.15) is 0 Å². The highest BCUT2D eigenvalue weighted by Gasteiger charge is 2.42. The lowest BCUT2D eigenvalue weighted by Gasteiger charge is -2.32. The first-order valence-corrected chi connectivity index (χ1v) is 5.31. The molecule has 2 heterocycles. The monoisotopic (exact) mass is 201 g/mol. The molecule has 0 aromatic heterocycles. The quantitative estimate of drug-likeness (QED) is 0.731. The molecule has 14 heavy (non-hydrogen) atoms. The lowest BCUT2D eigenvalue weighted by Crippen LogP contribution is -2.41. The van der Waals surface area contributed by atoms with Crippen LogP contribution in [0.4, 0.5) is 4.39 Å². The van der Waals surface area contributed by atoms with E-state index >= 15 is 0 Å². The highest BCUT2D eigenvalue weighted by atomic mass is 19.1. The maximum atomic E-state index is 13.4. The maximum Gasteiger partial charge on any atom is 0.338 e. The average Bonchev–Trinajstić information content (AvgIpc) is 2.60. The summed E-state index contributed by atoms with van der Waals surface area (Å²) in [5.41, 5.74) is 0. The summed E-state index contributed by atoms with van der Waals surface area (Å²) >= 11 is 0. The van der Waals surface area contributed by atoms with Crippen molar-refractivity contribution in [3.05, 3.63) is 0 Å². The van der Waals surface area contributed by atoms with Gasteiger partial charge in [0.1, 0.15) is 0 Å². The van der Waals surface area contributed by atoms with Gasteiger partial charge >= 0.3 is 5.97 Å². The normalized spacial score (nSPS) is 35.2. The summed E-state index contributed by atoms with van der Waals surface area (Å²) in [6.45, 7) is 1.90. The predicted octanol–water partition coefficient (Wildman–Crippen LogP) is 1.28. The van der Waals surface area contributed by atoms with Crippen molar-refractivity contribution in [3.8, 4) is 0 Å². The summed E-state index contributed by atoms with van der Waals surface area (Å²) in [5, 5.41) is 8.64. The van der Waals surface area contributed by atoms with Crippen molar-refractivity contribution in [2.75, 3.05) is 13.1 Å². The molecule has 0 saturated carbocycles. The Morgan fingerprint density at radius 1 is 1.36 bits per heavy atom. The van der Waals surface area contributed by atoms with E-state index in [1.54, 1.807) is 0 Å². The molecule has 2 rings (SSSR count). The number of carboxylic acid groups (broad SMARTS) is 1. The molecule has 2 aliphatic rings. The fourth-order valence-corrected chi connectivity index (χ4v) is 2.81. The first-order valence-electron chi connectivity index (χ1n) is 5.31. The van der Waals surface area contributed by atoms with E-state index in [4.69, 9.17) is 5.11 Å². The van der Waals surface area contributed by atoms with Crippen LogP contribution in [0.15, 0.2) is 0 Å². The van der Waals surface area contributed by atoms with Crippen LogP contribution in [0.25, 0.3) is 0 Å². The molecule has 3 nitrogen and oxygen atoms in total. The van der Waals surface area contributed by atoms with Crippen LogP contribution in [-0.4, -0.2) is 41.3 Å². The molecule has 1 N–H and O–H groups in total. The maximum absolute atomic E-state index is 13.4. The van der Waals surface area contributed by atoms with Crippen molar-refractivity contribution in [1.82, 2.24) is 4.90 Å². The number of nitrogens with zero attached hydrogens (tertiary/aromatic N) is 1. The van der Waals surface area contributed by atoms with E-state index in [2.05, 4.69) is 4.90 Å². The Morgan fingerprint density at radius 3 is 2.86 bits per heavy atom. The molecule has 2 saturated heterocycles. The topological polar surface area (TPSA) is 40.5 Å². The second-order valence-electron chi connectivity index (χ2n) is 4.29. The average molecular weight is 201 g/mol. The predicted molar refractivity (Wildman–Crippen MR) is 49.9 cm³/mol. The van der Waals surface area contributed by atoms with Gasteiger partial charge in [-0.05, 0) is 32.4 Å². The Labute approximate surface area is 82.9 Å². The second-order valence-corrected chi connectivity index (χ2v) is 4.29. The third-order valence-corrected chi connectivity index (χ3v) is 3.52. The summed E-state index contributed by atoms with van der Waals surface area (Å²) in [5.74, 6) is -1.56. The third kappa shape index (κ3) is 1.63. The van der Waals surface area contributed by atoms with E-state index < -0.39 is 12.1 Å². The molecule has 0 aromatic rings. The number of carboxylic acids is 1. The van der Waals surface area contributed by atoms with Crippen molar-refractivity contribution in [2.24, 2.45) is 5.92 Å². The van der Waals surface area contributed by atoms with Gasteiger partial charge < -0.3 is 5.11 Å². The van der Waals surface area contributed by atoms with Gasteiger partial charge in [-0.25, -0.2) is 9.18 Å². The van der Waals surface area contributed by atoms with Crippen LogP contribution in [0.1, 0.15) is 25.7 Å². The lowest BCUT2D eigenvalue weighted by molar-refractivity contribution is -0.145. The molecule has 0 bridgehead atoms. The Morgan fingerprint density at radius 2 is 2.14 bits per heavy atom. The van der Waals surface area contributed by atoms with E-state index in [1.165, 1.54) is 6.42 Å². The van der Waals surface area contributed by atoms with Gasteiger partial charge in [0, 0.05) is 12.0 Å². The standard InChI is InChI=1S/C10H16FNO2/c11-9(10(13)14)7-4-6-12-5-2-1-3-8(7)12/h7-9H,1-6H2,(H,13,14). The van der Waals surface area contributed by atoms with Gasteiger partial charge in [-0.1, -0.05) is 6.42 Å². The molecule has 80 valence electrons. The zero-order valence-electron chi connectivity index (χ0n) is 8.16. The Kier molecular flexibility index (Phi) is 2.72. The fraction of sp³-hybridized carbons (Fsp3) is 0.900. The number of halogens is 1. The number of hydrogen-bond donors (Lipinski definition) is 1. The summed E-state index contributed by atoms with van der Waals surface area (Å²) in [7, 11) is 0. The molecular weight excluding hydrogens is 185 g/mol. The van der Waals surface area contributed by atoms with Crippen LogP contribution >= 0.6 is 0 Å². The second kappa shape index (κ2) is 3.85. The van der Waals surface area contributed by atoms with Crippen LogP contribution in [0.3, 0.4) is 0 Å². The lowest BCUT2D eigenvalue weighted by atomic mass is 9.89. The molecule has 4 heteroatoms. The smallest absolute Gasteiger partial charge is 0.338 e. The van der Waals surface area contributed by atoms with Gasteiger partial charge in [0.25, 0.3) is 0 Å². The van der Waals surface area contributed by atoms with Gasteiger partial charge in [0.05, 0.1) is 0 Å². The molecule has 0 radical (unpaired) electrons. The Balaban J connectivity index is 2.03.